The summed E-state index contributed by atoms with van der Waals surface area (Å²) < 4.78 is 1.18. The average molecular weight is 359 g/mol. The molecule has 0 aliphatic heterocycles. The van der Waals surface area contributed by atoms with Crippen LogP contribution in [0.15, 0.2) is 66.9 Å². The first-order valence-electron chi connectivity index (χ1n) is 8.44. The lowest BCUT2D eigenvalue weighted by molar-refractivity contribution is -0.116. The lowest BCUT2D eigenvalue weighted by Crippen LogP contribution is -2.23. The topological polar surface area (TPSA) is 54.9 Å². The summed E-state index contributed by atoms with van der Waals surface area (Å²) in [4.78, 5) is 21.0. The third-order valence-electron chi connectivity index (χ3n) is 4.05. The van der Waals surface area contributed by atoms with Crippen LogP contribution >= 0.6 is 11.3 Å². The van der Waals surface area contributed by atoms with Crippen LogP contribution in [-0.4, -0.2) is 22.4 Å². The number of carbonyl (C=O) groups is 1. The molecule has 5 heteroatoms. The highest BCUT2D eigenvalue weighted by Gasteiger charge is 2.04. The smallest absolute Gasteiger partial charge is 0.244 e. The van der Waals surface area contributed by atoms with Crippen LogP contribution in [0.4, 0.5) is 0 Å². The Balaban J connectivity index is 1.37. The summed E-state index contributed by atoms with van der Waals surface area (Å²) in [6.07, 6.45) is 5.86. The van der Waals surface area contributed by atoms with Crippen LogP contribution in [0.5, 0.6) is 0 Å². The molecule has 4 aromatic rings. The van der Waals surface area contributed by atoms with Crippen molar-refractivity contribution in [3.8, 4) is 0 Å². The Kier molecular flexibility index (Phi) is 4.71. The van der Waals surface area contributed by atoms with Gasteiger partial charge in [-0.05, 0) is 24.3 Å². The summed E-state index contributed by atoms with van der Waals surface area (Å²) in [6.45, 7) is 0.566. The summed E-state index contributed by atoms with van der Waals surface area (Å²) in [7, 11) is 0. The highest BCUT2D eigenvalue weighted by atomic mass is 32.1. The van der Waals surface area contributed by atoms with Crippen LogP contribution in [0.2, 0.25) is 0 Å². The fourth-order valence-corrected chi connectivity index (χ4v) is 3.77. The third-order valence-corrected chi connectivity index (χ3v) is 5.15. The zero-order valence-corrected chi connectivity index (χ0v) is 14.9. The van der Waals surface area contributed by atoms with Gasteiger partial charge in [-0.2, -0.15) is 0 Å². The second-order valence-electron chi connectivity index (χ2n) is 5.87. The van der Waals surface area contributed by atoms with Crippen LogP contribution in [0, 0.1) is 0 Å². The Morgan fingerprint density at radius 1 is 1.08 bits per heavy atom. The SMILES string of the molecule is O=C(/C=C/c1cccc2cccnc12)NCCc1nc2ccccc2s1. The van der Waals surface area contributed by atoms with Crippen molar-refractivity contribution in [3.63, 3.8) is 0 Å². The average Bonchev–Trinajstić information content (AvgIpc) is 3.09. The number of nitrogens with zero attached hydrogens (tertiary/aromatic N) is 2. The Morgan fingerprint density at radius 2 is 1.96 bits per heavy atom. The molecule has 128 valence electrons. The van der Waals surface area contributed by atoms with E-state index in [4.69, 9.17) is 0 Å². The number of carbonyl (C=O) groups excluding carboxylic acids is 1. The van der Waals surface area contributed by atoms with Gasteiger partial charge in [0.2, 0.25) is 5.91 Å². The molecule has 0 spiro atoms. The van der Waals surface area contributed by atoms with Gasteiger partial charge in [-0.3, -0.25) is 9.78 Å². The molecule has 0 fully saturated rings. The zero-order valence-electron chi connectivity index (χ0n) is 14.1. The van der Waals surface area contributed by atoms with Gasteiger partial charge >= 0.3 is 0 Å². The van der Waals surface area contributed by atoms with Crippen molar-refractivity contribution in [2.24, 2.45) is 0 Å². The lowest BCUT2D eigenvalue weighted by Gasteiger charge is -2.01. The van der Waals surface area contributed by atoms with Crippen molar-refractivity contribution < 1.29 is 4.79 Å². The van der Waals surface area contributed by atoms with Crippen LogP contribution in [0.1, 0.15) is 10.6 Å². The Labute approximate surface area is 155 Å². The maximum absolute atomic E-state index is 12.1. The largest absolute Gasteiger partial charge is 0.352 e. The predicted octanol–water partition coefficient (Wildman–Crippen LogP) is 4.22. The van der Waals surface area contributed by atoms with Gasteiger partial charge in [0.25, 0.3) is 0 Å². The van der Waals surface area contributed by atoms with Crippen molar-refractivity contribution >= 4 is 44.4 Å². The molecule has 26 heavy (non-hydrogen) atoms. The van der Waals surface area contributed by atoms with Gasteiger partial charge in [0, 0.05) is 36.2 Å². The number of thiazole rings is 1. The standard InChI is InChI=1S/C21H17N3OS/c25-19(11-10-16-6-3-5-15-7-4-13-23-21(15)16)22-14-12-20-24-17-8-1-2-9-18(17)26-20/h1-11,13H,12,14H2,(H,22,25)/b11-10+. The first kappa shape index (κ1) is 16.4. The van der Waals surface area contributed by atoms with Gasteiger partial charge in [0.1, 0.15) is 0 Å². The van der Waals surface area contributed by atoms with Crippen molar-refractivity contribution in [3.05, 3.63) is 77.4 Å². The number of pyridine rings is 1. The lowest BCUT2D eigenvalue weighted by atomic mass is 10.1. The molecule has 2 heterocycles. The molecule has 0 saturated heterocycles. The fraction of sp³-hybridized carbons (Fsp3) is 0.0952. The molecule has 0 atom stereocenters. The molecule has 0 aliphatic rings. The number of aromatic nitrogens is 2. The second-order valence-corrected chi connectivity index (χ2v) is 6.99. The van der Waals surface area contributed by atoms with Gasteiger partial charge in [0.05, 0.1) is 20.7 Å². The van der Waals surface area contributed by atoms with Gasteiger partial charge in [0.15, 0.2) is 0 Å². The van der Waals surface area contributed by atoms with Crippen LogP contribution < -0.4 is 5.32 Å². The quantitative estimate of drug-likeness (QED) is 0.543. The number of rotatable bonds is 5. The van der Waals surface area contributed by atoms with Gasteiger partial charge < -0.3 is 5.32 Å². The molecule has 1 amide bonds. The zero-order chi connectivity index (χ0) is 17.8. The third kappa shape index (κ3) is 3.63. The number of benzene rings is 2. The van der Waals surface area contributed by atoms with E-state index in [-0.39, 0.29) is 5.91 Å². The van der Waals surface area contributed by atoms with Crippen molar-refractivity contribution in [2.45, 2.75) is 6.42 Å². The number of hydrogen-bond donors (Lipinski definition) is 1. The van der Waals surface area contributed by atoms with Crippen molar-refractivity contribution in [1.29, 1.82) is 0 Å². The molecule has 2 aromatic carbocycles. The van der Waals surface area contributed by atoms with E-state index in [1.807, 2.05) is 54.6 Å². The Hall–Kier alpha value is -3.05. The molecule has 0 unspecified atom stereocenters. The molecule has 0 aliphatic carbocycles. The van der Waals surface area contributed by atoms with E-state index < -0.39 is 0 Å². The number of fused-ring (bicyclic) bond motifs is 2. The number of hydrogen-bond acceptors (Lipinski definition) is 4. The molecule has 0 saturated carbocycles. The van der Waals surface area contributed by atoms with Crippen LogP contribution in [-0.2, 0) is 11.2 Å². The maximum atomic E-state index is 12.1. The van der Waals surface area contributed by atoms with E-state index in [2.05, 4.69) is 21.4 Å². The molecule has 1 N–H and O–H groups in total. The molecular formula is C21H17N3OS. The molecule has 0 bridgehead atoms. The summed E-state index contributed by atoms with van der Waals surface area (Å²) in [5, 5.41) is 5.01. The van der Waals surface area contributed by atoms with Gasteiger partial charge in [-0.15, -0.1) is 11.3 Å². The summed E-state index contributed by atoms with van der Waals surface area (Å²) in [5.74, 6) is -0.112. The number of amides is 1. The molecule has 0 radical (unpaired) electrons. The number of para-hydroxylation sites is 2. The predicted molar refractivity (Wildman–Crippen MR) is 107 cm³/mol. The molecule has 2 aromatic heterocycles. The van der Waals surface area contributed by atoms with Crippen LogP contribution in [0.3, 0.4) is 0 Å². The summed E-state index contributed by atoms with van der Waals surface area (Å²) in [6, 6.07) is 17.9. The van der Waals surface area contributed by atoms with E-state index in [1.54, 1.807) is 23.6 Å². The summed E-state index contributed by atoms with van der Waals surface area (Å²) in [5.41, 5.74) is 2.85. The van der Waals surface area contributed by atoms with Gasteiger partial charge in [-0.1, -0.05) is 36.4 Å². The van der Waals surface area contributed by atoms with Crippen molar-refractivity contribution in [2.75, 3.05) is 6.54 Å². The minimum Gasteiger partial charge on any atom is -0.352 e. The van der Waals surface area contributed by atoms with E-state index in [9.17, 15) is 4.79 Å². The minimum absolute atomic E-state index is 0.112. The second kappa shape index (κ2) is 7.45. The minimum atomic E-state index is -0.112. The monoisotopic (exact) mass is 359 g/mol. The van der Waals surface area contributed by atoms with Gasteiger partial charge in [-0.25, -0.2) is 4.98 Å². The summed E-state index contributed by atoms with van der Waals surface area (Å²) >= 11 is 1.67. The van der Waals surface area contributed by atoms with E-state index in [0.717, 1.165) is 33.4 Å². The van der Waals surface area contributed by atoms with Crippen LogP contribution in [0.25, 0.3) is 27.2 Å². The molecule has 4 nitrogen and oxygen atoms in total. The van der Waals surface area contributed by atoms with E-state index in [0.29, 0.717) is 6.54 Å². The molecule has 4 rings (SSSR count). The highest BCUT2D eigenvalue weighted by molar-refractivity contribution is 7.18. The first-order chi connectivity index (χ1) is 12.8. The van der Waals surface area contributed by atoms with E-state index in [1.165, 1.54) is 4.70 Å². The maximum Gasteiger partial charge on any atom is 0.244 e. The molecular weight excluding hydrogens is 342 g/mol. The fourth-order valence-electron chi connectivity index (χ4n) is 2.81. The van der Waals surface area contributed by atoms with Crippen molar-refractivity contribution in [1.82, 2.24) is 15.3 Å². The Bertz CT molecular complexity index is 1060. The highest BCUT2D eigenvalue weighted by Crippen LogP contribution is 2.21. The normalized spacial score (nSPS) is 11.4. The first-order valence-corrected chi connectivity index (χ1v) is 9.25. The number of nitrogens with one attached hydrogen (secondary N) is 1. The van der Waals surface area contributed by atoms with E-state index >= 15 is 0 Å². The Morgan fingerprint density at radius 3 is 2.88 bits per heavy atom.